The molecule has 0 saturated heterocycles. The standard InChI is InChI=1S/C14H14O2/c1-9-4-3-5-11(6-9)12-7-13(15)10(2)14(16)8-12/h3-8,15-16H,1-2H3. The molecular weight excluding hydrogens is 200 g/mol. The highest BCUT2D eigenvalue weighted by Gasteiger charge is 2.06. The Morgan fingerprint density at radius 1 is 0.812 bits per heavy atom. The molecule has 2 rings (SSSR count). The Labute approximate surface area is 94.8 Å². The summed E-state index contributed by atoms with van der Waals surface area (Å²) in [5.74, 6) is 0.244. The topological polar surface area (TPSA) is 40.5 Å². The van der Waals surface area contributed by atoms with E-state index >= 15 is 0 Å². The summed E-state index contributed by atoms with van der Waals surface area (Å²) in [6.07, 6.45) is 0. The van der Waals surface area contributed by atoms with Gasteiger partial charge in [0.25, 0.3) is 0 Å². The minimum absolute atomic E-state index is 0.122. The molecule has 2 N–H and O–H groups in total. The van der Waals surface area contributed by atoms with Crippen LogP contribution in [0.4, 0.5) is 0 Å². The number of phenolic OH excluding ortho intramolecular Hbond substituents is 2. The van der Waals surface area contributed by atoms with Gasteiger partial charge in [0.15, 0.2) is 0 Å². The molecule has 0 aliphatic heterocycles. The molecule has 2 aromatic rings. The number of hydrogen-bond donors (Lipinski definition) is 2. The van der Waals surface area contributed by atoms with Crippen molar-refractivity contribution in [3.63, 3.8) is 0 Å². The molecule has 0 aliphatic carbocycles. The van der Waals surface area contributed by atoms with E-state index in [9.17, 15) is 10.2 Å². The molecule has 0 atom stereocenters. The van der Waals surface area contributed by atoms with Gasteiger partial charge in [-0.25, -0.2) is 0 Å². The Morgan fingerprint density at radius 3 is 2.00 bits per heavy atom. The normalized spacial score (nSPS) is 10.4. The first-order valence-corrected chi connectivity index (χ1v) is 5.17. The molecule has 2 nitrogen and oxygen atoms in total. The highest BCUT2D eigenvalue weighted by atomic mass is 16.3. The second kappa shape index (κ2) is 3.89. The Morgan fingerprint density at radius 2 is 1.44 bits per heavy atom. The number of rotatable bonds is 1. The fourth-order valence-corrected chi connectivity index (χ4v) is 1.68. The van der Waals surface area contributed by atoms with Gasteiger partial charge >= 0.3 is 0 Å². The molecule has 0 bridgehead atoms. The van der Waals surface area contributed by atoms with E-state index in [0.29, 0.717) is 5.56 Å². The Balaban J connectivity index is 2.57. The maximum absolute atomic E-state index is 9.65. The van der Waals surface area contributed by atoms with Crippen molar-refractivity contribution in [2.75, 3.05) is 0 Å². The summed E-state index contributed by atoms with van der Waals surface area (Å²) in [6, 6.07) is 11.3. The average molecular weight is 214 g/mol. The van der Waals surface area contributed by atoms with Gasteiger partial charge < -0.3 is 10.2 Å². The van der Waals surface area contributed by atoms with Crippen LogP contribution >= 0.6 is 0 Å². The van der Waals surface area contributed by atoms with Crippen molar-refractivity contribution in [2.45, 2.75) is 13.8 Å². The van der Waals surface area contributed by atoms with E-state index in [-0.39, 0.29) is 11.5 Å². The maximum atomic E-state index is 9.65. The maximum Gasteiger partial charge on any atom is 0.122 e. The van der Waals surface area contributed by atoms with E-state index in [4.69, 9.17) is 0 Å². The van der Waals surface area contributed by atoms with Gasteiger partial charge in [-0.3, -0.25) is 0 Å². The minimum atomic E-state index is 0.122. The van der Waals surface area contributed by atoms with Gasteiger partial charge in [-0.2, -0.15) is 0 Å². The zero-order chi connectivity index (χ0) is 11.7. The van der Waals surface area contributed by atoms with Crippen molar-refractivity contribution < 1.29 is 10.2 Å². The number of phenols is 2. The second-order valence-electron chi connectivity index (χ2n) is 4.01. The van der Waals surface area contributed by atoms with Crippen LogP contribution in [0.15, 0.2) is 36.4 Å². The average Bonchev–Trinajstić information content (AvgIpc) is 2.25. The quantitative estimate of drug-likeness (QED) is 0.764. The molecule has 0 aliphatic rings. The van der Waals surface area contributed by atoms with Crippen LogP contribution in [0.3, 0.4) is 0 Å². The van der Waals surface area contributed by atoms with Crippen molar-refractivity contribution in [3.8, 4) is 22.6 Å². The van der Waals surface area contributed by atoms with Crippen LogP contribution in [0.25, 0.3) is 11.1 Å². The van der Waals surface area contributed by atoms with E-state index in [2.05, 4.69) is 0 Å². The van der Waals surface area contributed by atoms with Crippen molar-refractivity contribution in [1.29, 1.82) is 0 Å². The van der Waals surface area contributed by atoms with Gasteiger partial charge in [0.05, 0.1) is 0 Å². The van der Waals surface area contributed by atoms with Gasteiger partial charge in [0.1, 0.15) is 11.5 Å². The molecule has 0 amide bonds. The summed E-state index contributed by atoms with van der Waals surface area (Å²) in [7, 11) is 0. The van der Waals surface area contributed by atoms with Crippen LogP contribution in [0.1, 0.15) is 11.1 Å². The first-order valence-electron chi connectivity index (χ1n) is 5.17. The molecular formula is C14H14O2. The van der Waals surface area contributed by atoms with Gasteiger partial charge in [0, 0.05) is 5.56 Å². The summed E-state index contributed by atoms with van der Waals surface area (Å²) < 4.78 is 0. The number of benzene rings is 2. The predicted octanol–water partition coefficient (Wildman–Crippen LogP) is 3.38. The van der Waals surface area contributed by atoms with E-state index in [1.807, 2.05) is 31.2 Å². The van der Waals surface area contributed by atoms with Crippen LogP contribution in [0.5, 0.6) is 11.5 Å². The Hall–Kier alpha value is -1.96. The van der Waals surface area contributed by atoms with E-state index < -0.39 is 0 Å². The highest BCUT2D eigenvalue weighted by molar-refractivity contribution is 5.69. The lowest BCUT2D eigenvalue weighted by Crippen LogP contribution is -1.82. The first-order chi connectivity index (χ1) is 7.58. The molecule has 82 valence electrons. The smallest absolute Gasteiger partial charge is 0.122 e. The van der Waals surface area contributed by atoms with Crippen molar-refractivity contribution in [2.24, 2.45) is 0 Å². The third-order valence-corrected chi connectivity index (χ3v) is 2.70. The molecule has 2 aromatic carbocycles. The van der Waals surface area contributed by atoms with Gasteiger partial charge in [-0.15, -0.1) is 0 Å². The molecule has 0 heterocycles. The van der Waals surface area contributed by atoms with Crippen LogP contribution in [-0.2, 0) is 0 Å². The lowest BCUT2D eigenvalue weighted by Gasteiger charge is -2.07. The molecule has 2 heteroatoms. The zero-order valence-electron chi connectivity index (χ0n) is 9.36. The van der Waals surface area contributed by atoms with Gasteiger partial charge in [-0.1, -0.05) is 29.8 Å². The van der Waals surface area contributed by atoms with E-state index in [1.54, 1.807) is 19.1 Å². The third-order valence-electron chi connectivity index (χ3n) is 2.70. The summed E-state index contributed by atoms with van der Waals surface area (Å²) >= 11 is 0. The number of hydrogen-bond acceptors (Lipinski definition) is 2. The highest BCUT2D eigenvalue weighted by Crippen LogP contribution is 2.33. The monoisotopic (exact) mass is 214 g/mol. The van der Waals surface area contributed by atoms with Gasteiger partial charge in [-0.05, 0) is 37.1 Å². The van der Waals surface area contributed by atoms with Crippen molar-refractivity contribution in [1.82, 2.24) is 0 Å². The Kier molecular flexibility index (Phi) is 2.57. The van der Waals surface area contributed by atoms with Crippen LogP contribution in [-0.4, -0.2) is 10.2 Å². The van der Waals surface area contributed by atoms with Gasteiger partial charge in [0.2, 0.25) is 0 Å². The second-order valence-corrected chi connectivity index (χ2v) is 4.01. The summed E-state index contributed by atoms with van der Waals surface area (Å²) in [4.78, 5) is 0. The first kappa shape index (κ1) is 10.6. The van der Waals surface area contributed by atoms with Crippen LogP contribution in [0.2, 0.25) is 0 Å². The lowest BCUT2D eigenvalue weighted by atomic mass is 10.0. The number of aromatic hydroxyl groups is 2. The fourth-order valence-electron chi connectivity index (χ4n) is 1.68. The van der Waals surface area contributed by atoms with Crippen molar-refractivity contribution in [3.05, 3.63) is 47.5 Å². The minimum Gasteiger partial charge on any atom is -0.508 e. The van der Waals surface area contributed by atoms with E-state index in [0.717, 1.165) is 16.7 Å². The number of aryl methyl sites for hydroxylation is 1. The largest absolute Gasteiger partial charge is 0.508 e. The molecule has 0 unspecified atom stereocenters. The van der Waals surface area contributed by atoms with E-state index in [1.165, 1.54) is 0 Å². The SMILES string of the molecule is Cc1cccc(-c2cc(O)c(C)c(O)c2)c1. The summed E-state index contributed by atoms with van der Waals surface area (Å²) in [5.41, 5.74) is 3.48. The lowest BCUT2D eigenvalue weighted by molar-refractivity contribution is 0.443. The van der Waals surface area contributed by atoms with Crippen molar-refractivity contribution >= 4 is 0 Å². The van der Waals surface area contributed by atoms with Crippen LogP contribution in [0, 0.1) is 13.8 Å². The Bertz CT molecular complexity index is 507. The molecule has 0 aromatic heterocycles. The molecule has 16 heavy (non-hydrogen) atoms. The molecule has 0 radical (unpaired) electrons. The van der Waals surface area contributed by atoms with Crippen LogP contribution < -0.4 is 0 Å². The zero-order valence-corrected chi connectivity index (χ0v) is 9.36. The molecule has 0 fully saturated rings. The molecule has 0 spiro atoms. The summed E-state index contributed by atoms with van der Waals surface area (Å²) in [6.45, 7) is 3.70. The fraction of sp³-hybridized carbons (Fsp3) is 0.143. The predicted molar refractivity (Wildman–Crippen MR) is 64.7 cm³/mol. The summed E-state index contributed by atoms with van der Waals surface area (Å²) in [5, 5.41) is 19.3. The third kappa shape index (κ3) is 1.87. The molecule has 0 saturated carbocycles.